The molecule has 1 unspecified atom stereocenters. The largest absolute Gasteiger partial charge is 0.491 e. The minimum atomic E-state index is -3.07. The smallest absolute Gasteiger partial charge is 0.179 e. The molecule has 12 heteroatoms. The molecule has 1 atom stereocenters. The fraction of sp³-hybridized carbons (Fsp3) is 0.500. The van der Waals surface area contributed by atoms with Gasteiger partial charge in [0.25, 0.3) is 0 Å². The predicted molar refractivity (Wildman–Crippen MR) is 147 cm³/mol. The molecule has 0 aliphatic carbocycles. The van der Waals surface area contributed by atoms with E-state index in [1.807, 2.05) is 18.2 Å². The molecule has 0 spiro atoms. The number of benzene rings is 1. The average Bonchev–Trinajstić information content (AvgIpc) is 3.25. The van der Waals surface area contributed by atoms with Gasteiger partial charge in [0.1, 0.15) is 12.2 Å². The third-order valence-electron chi connectivity index (χ3n) is 6.49. The summed E-state index contributed by atoms with van der Waals surface area (Å²) in [7, 11) is -1.41. The Morgan fingerprint density at radius 1 is 1.28 bits per heavy atom. The van der Waals surface area contributed by atoms with Crippen LogP contribution >= 0.6 is 12.4 Å². The number of fused-ring (bicyclic) bond motifs is 1. The highest BCUT2D eigenvalue weighted by Gasteiger charge is 2.26. The third kappa shape index (κ3) is 7.00. The molecule has 2 aromatic heterocycles. The van der Waals surface area contributed by atoms with E-state index in [2.05, 4.69) is 43.2 Å². The first-order valence-electron chi connectivity index (χ1n) is 11.8. The van der Waals surface area contributed by atoms with E-state index in [9.17, 15) is 8.42 Å². The van der Waals surface area contributed by atoms with Gasteiger partial charge >= 0.3 is 0 Å². The molecule has 10 nitrogen and oxygen atoms in total. The molecule has 4 rings (SSSR count). The molecule has 3 aromatic rings. The SMILES string of the molecule is CCS(=O)(=O)CNc1ccc2[nH]cc(CCCN3CCN(c4ncncc4OC)C(C)C3)c2c1.Cl.O. The zero-order chi connectivity index (χ0) is 24.1. The number of rotatable bonds is 10. The zero-order valence-electron chi connectivity index (χ0n) is 21.0. The van der Waals surface area contributed by atoms with E-state index < -0.39 is 9.84 Å². The maximum Gasteiger partial charge on any atom is 0.179 e. The lowest BCUT2D eigenvalue weighted by Crippen LogP contribution is -2.52. The minimum absolute atomic E-state index is 0. The number of aromatic nitrogens is 3. The Labute approximate surface area is 219 Å². The molecule has 1 fully saturated rings. The van der Waals surface area contributed by atoms with Gasteiger partial charge in [0.15, 0.2) is 21.4 Å². The van der Waals surface area contributed by atoms with Gasteiger partial charge in [-0.25, -0.2) is 18.4 Å². The van der Waals surface area contributed by atoms with Gasteiger partial charge in [-0.05, 0) is 50.1 Å². The average molecular weight is 541 g/mol. The zero-order valence-corrected chi connectivity index (χ0v) is 22.7. The lowest BCUT2D eigenvalue weighted by Gasteiger charge is -2.40. The molecule has 1 saturated heterocycles. The lowest BCUT2D eigenvalue weighted by atomic mass is 10.1. The van der Waals surface area contributed by atoms with Gasteiger partial charge in [-0.3, -0.25) is 4.90 Å². The van der Waals surface area contributed by atoms with Crippen molar-refractivity contribution in [3.8, 4) is 5.75 Å². The Bertz CT molecular complexity index is 1220. The highest BCUT2D eigenvalue weighted by atomic mass is 35.5. The van der Waals surface area contributed by atoms with Gasteiger partial charge in [0.05, 0.1) is 13.3 Å². The van der Waals surface area contributed by atoms with Crippen LogP contribution in [-0.4, -0.2) is 84.7 Å². The maximum atomic E-state index is 11.8. The summed E-state index contributed by atoms with van der Waals surface area (Å²) >= 11 is 0. The number of nitrogens with zero attached hydrogens (tertiary/aromatic N) is 4. The van der Waals surface area contributed by atoms with Crippen LogP contribution in [0.5, 0.6) is 5.75 Å². The Balaban J connectivity index is 0.00000228. The van der Waals surface area contributed by atoms with E-state index in [0.29, 0.717) is 11.8 Å². The first-order chi connectivity index (χ1) is 16.4. The fourth-order valence-electron chi connectivity index (χ4n) is 4.50. The normalized spacial score (nSPS) is 16.3. The molecule has 4 N–H and O–H groups in total. The topological polar surface area (TPSA) is 135 Å². The van der Waals surface area contributed by atoms with Gasteiger partial charge in [-0.1, -0.05) is 6.92 Å². The first-order valence-corrected chi connectivity index (χ1v) is 13.6. The molecule has 3 heterocycles. The minimum Gasteiger partial charge on any atom is -0.491 e. The van der Waals surface area contributed by atoms with Crippen molar-refractivity contribution in [2.45, 2.75) is 32.7 Å². The summed E-state index contributed by atoms with van der Waals surface area (Å²) in [5, 5.41) is 4.20. The fourth-order valence-corrected chi connectivity index (χ4v) is 5.10. The molecule has 1 aliphatic heterocycles. The third-order valence-corrected chi connectivity index (χ3v) is 7.95. The number of ether oxygens (including phenoxy) is 1. The van der Waals surface area contributed by atoms with Crippen molar-refractivity contribution in [2.24, 2.45) is 0 Å². The number of halogens is 1. The quantitative estimate of drug-likeness (QED) is 0.400. The molecule has 1 aliphatic rings. The van der Waals surface area contributed by atoms with Crippen LogP contribution in [0.25, 0.3) is 10.9 Å². The molecule has 1 aromatic carbocycles. The second-order valence-electron chi connectivity index (χ2n) is 8.79. The Kier molecular flexibility index (Phi) is 10.8. The van der Waals surface area contributed by atoms with Crippen molar-refractivity contribution in [3.63, 3.8) is 0 Å². The maximum absolute atomic E-state index is 11.8. The standard InChI is InChI=1S/C24H34N6O3S.ClH.H2O/c1-4-34(31,32)17-28-20-7-8-22-21(12-20)19(13-26-22)6-5-9-29-10-11-30(18(2)15-29)24-23(33-3)14-25-16-27-24;;/h7-8,12-14,16,18,26,28H,4-6,9-11,15,17H2,1-3H3;1H;1H2. The molecular weight excluding hydrogens is 504 g/mol. The number of aromatic amines is 1. The Morgan fingerprint density at radius 2 is 2.08 bits per heavy atom. The molecule has 0 radical (unpaired) electrons. The van der Waals surface area contributed by atoms with E-state index in [1.165, 1.54) is 5.56 Å². The van der Waals surface area contributed by atoms with Gasteiger partial charge in [0, 0.05) is 54.2 Å². The first kappa shape index (κ1) is 29.6. The summed E-state index contributed by atoms with van der Waals surface area (Å²) in [4.78, 5) is 16.6. The van der Waals surface area contributed by atoms with E-state index in [1.54, 1.807) is 26.6 Å². The number of aryl methyl sites for hydroxylation is 1. The number of methoxy groups -OCH3 is 1. The molecular formula is C24H37ClN6O4S. The van der Waals surface area contributed by atoms with Crippen LogP contribution in [0, 0.1) is 0 Å². The molecule has 0 bridgehead atoms. The van der Waals surface area contributed by atoms with Crippen LogP contribution < -0.4 is 15.0 Å². The van der Waals surface area contributed by atoms with Crippen molar-refractivity contribution < 1.29 is 18.6 Å². The van der Waals surface area contributed by atoms with Crippen molar-refractivity contribution in [1.29, 1.82) is 0 Å². The number of hydrogen-bond donors (Lipinski definition) is 2. The predicted octanol–water partition coefficient (Wildman–Crippen LogP) is 2.51. The number of anilines is 2. The van der Waals surface area contributed by atoms with Crippen molar-refractivity contribution in [2.75, 3.05) is 55.1 Å². The molecule has 0 saturated carbocycles. The van der Waals surface area contributed by atoms with E-state index in [4.69, 9.17) is 4.74 Å². The van der Waals surface area contributed by atoms with Crippen LogP contribution in [-0.2, 0) is 16.3 Å². The summed E-state index contributed by atoms with van der Waals surface area (Å²) in [6.07, 6.45) is 7.37. The summed E-state index contributed by atoms with van der Waals surface area (Å²) in [6.45, 7) is 7.76. The summed E-state index contributed by atoms with van der Waals surface area (Å²) in [5.41, 5.74) is 3.16. The van der Waals surface area contributed by atoms with Crippen LogP contribution in [0.3, 0.4) is 0 Å². The second kappa shape index (κ2) is 13.1. The van der Waals surface area contributed by atoms with Crippen LogP contribution in [0.2, 0.25) is 0 Å². The second-order valence-corrected chi connectivity index (χ2v) is 11.1. The van der Waals surface area contributed by atoms with Gasteiger partial charge in [-0.2, -0.15) is 0 Å². The van der Waals surface area contributed by atoms with Crippen LogP contribution in [0.15, 0.2) is 36.9 Å². The highest BCUT2D eigenvalue weighted by Crippen LogP contribution is 2.28. The number of H-pyrrole nitrogens is 1. The number of hydrogen-bond acceptors (Lipinski definition) is 8. The summed E-state index contributed by atoms with van der Waals surface area (Å²) in [5.74, 6) is 1.67. The van der Waals surface area contributed by atoms with Crippen molar-refractivity contribution >= 4 is 44.7 Å². The van der Waals surface area contributed by atoms with E-state index in [0.717, 1.165) is 61.4 Å². The molecule has 0 amide bonds. The highest BCUT2D eigenvalue weighted by molar-refractivity contribution is 7.91. The van der Waals surface area contributed by atoms with Crippen molar-refractivity contribution in [3.05, 3.63) is 42.5 Å². The molecule has 200 valence electrons. The number of sulfone groups is 1. The van der Waals surface area contributed by atoms with E-state index in [-0.39, 0.29) is 29.5 Å². The monoisotopic (exact) mass is 540 g/mol. The van der Waals surface area contributed by atoms with Gasteiger partial charge < -0.3 is 25.4 Å². The summed E-state index contributed by atoms with van der Waals surface area (Å²) < 4.78 is 29.1. The lowest BCUT2D eigenvalue weighted by molar-refractivity contribution is 0.225. The Morgan fingerprint density at radius 3 is 2.81 bits per heavy atom. The van der Waals surface area contributed by atoms with Gasteiger partial charge in [-0.15, -0.1) is 12.4 Å². The van der Waals surface area contributed by atoms with Crippen LogP contribution in [0.4, 0.5) is 11.5 Å². The number of piperazine rings is 1. The molecule has 36 heavy (non-hydrogen) atoms. The van der Waals surface area contributed by atoms with Crippen LogP contribution in [0.1, 0.15) is 25.8 Å². The van der Waals surface area contributed by atoms with E-state index >= 15 is 0 Å². The van der Waals surface area contributed by atoms with Crippen molar-refractivity contribution in [1.82, 2.24) is 19.9 Å². The Hall–Kier alpha value is -2.60. The summed E-state index contributed by atoms with van der Waals surface area (Å²) in [6, 6.07) is 6.30. The van der Waals surface area contributed by atoms with Gasteiger partial charge in [0.2, 0.25) is 0 Å². The number of nitrogens with one attached hydrogen (secondary N) is 2.